The van der Waals surface area contributed by atoms with E-state index >= 15 is 0 Å². The van der Waals surface area contributed by atoms with Gasteiger partial charge in [0.15, 0.2) is 0 Å². The van der Waals surface area contributed by atoms with Crippen LogP contribution in [0.3, 0.4) is 0 Å². The molecule has 0 amide bonds. The summed E-state index contributed by atoms with van der Waals surface area (Å²) in [5.41, 5.74) is -0.539. The van der Waals surface area contributed by atoms with Crippen LogP contribution in [0.1, 0.15) is 33.4 Å². The van der Waals surface area contributed by atoms with Gasteiger partial charge in [-0.15, -0.1) is 56.9 Å². The normalized spacial score (nSPS) is 11.8. The molecule has 66 heavy (non-hydrogen) atoms. The Morgan fingerprint density at radius 2 is 0.682 bits per heavy atom. The molecule has 0 aliphatic heterocycles. The molecule has 8 rings (SSSR count). The van der Waals surface area contributed by atoms with Crippen LogP contribution in [0.5, 0.6) is 0 Å². The fourth-order valence-corrected chi connectivity index (χ4v) is 7.40. The molecule has 0 spiro atoms. The van der Waals surface area contributed by atoms with Gasteiger partial charge >= 0.3 is 62.6 Å². The van der Waals surface area contributed by atoms with Crippen molar-refractivity contribution in [2.24, 2.45) is 0 Å². The quantitative estimate of drug-likeness (QED) is 0.0936. The van der Waals surface area contributed by atoms with Crippen LogP contribution in [-0.4, -0.2) is 9.52 Å². The predicted octanol–water partition coefficient (Wildman–Crippen LogP) is 18.6. The number of fused-ring (bicyclic) bond motifs is 2. The van der Waals surface area contributed by atoms with Crippen molar-refractivity contribution < 1.29 is 73.5 Å². The van der Waals surface area contributed by atoms with E-state index in [0.29, 0.717) is 44.2 Å². The van der Waals surface area contributed by atoms with Gasteiger partial charge < -0.3 is 0 Å². The SMILES string of the molecule is C[Si]C.Cc1cc2c(-c3cc(C(F)(F)F)cc(C(F)(F)F)c3)c(-c3ccccc3)ccc2[cH-]1.Cc1cc2c(-c3cc(C(F)(F)F)cc(C(F)(F)F)c3)c(-c3ccccc3)ccc2[cH-]1.[Cl][Zr+2][Cl]. The summed E-state index contributed by atoms with van der Waals surface area (Å²) in [4.78, 5) is 0. The van der Waals surface area contributed by atoms with Crippen molar-refractivity contribution in [1.29, 1.82) is 0 Å². The second-order valence-electron chi connectivity index (χ2n) is 14.9. The molecular formula is C50H36Cl2F12SiZr. The van der Waals surface area contributed by atoms with Crippen LogP contribution >= 0.6 is 17.0 Å². The van der Waals surface area contributed by atoms with Crippen LogP contribution in [-0.2, 0) is 45.6 Å². The van der Waals surface area contributed by atoms with Crippen molar-refractivity contribution in [1.82, 2.24) is 0 Å². The summed E-state index contributed by atoms with van der Waals surface area (Å²) in [7, 11) is 11.0. The van der Waals surface area contributed by atoms with Gasteiger partial charge in [-0.2, -0.15) is 64.8 Å². The zero-order chi connectivity index (χ0) is 48.8. The van der Waals surface area contributed by atoms with E-state index < -0.39 is 67.8 Å². The number of hydrogen-bond acceptors (Lipinski definition) is 0. The van der Waals surface area contributed by atoms with E-state index in [1.807, 2.05) is 38.1 Å². The maximum atomic E-state index is 13.4. The van der Waals surface area contributed by atoms with Gasteiger partial charge in [0.2, 0.25) is 0 Å². The van der Waals surface area contributed by atoms with Crippen molar-refractivity contribution in [2.45, 2.75) is 51.6 Å². The van der Waals surface area contributed by atoms with Gasteiger partial charge in [0.1, 0.15) is 0 Å². The Balaban J connectivity index is 0.000000221. The van der Waals surface area contributed by atoms with Crippen molar-refractivity contribution in [3.8, 4) is 44.5 Å². The summed E-state index contributed by atoms with van der Waals surface area (Å²) >= 11 is -0.826. The van der Waals surface area contributed by atoms with E-state index in [0.717, 1.165) is 55.7 Å². The molecule has 0 aliphatic carbocycles. The summed E-state index contributed by atoms with van der Waals surface area (Å²) in [6.07, 6.45) is -19.6. The second kappa shape index (κ2) is 21.6. The van der Waals surface area contributed by atoms with E-state index in [2.05, 4.69) is 13.1 Å². The molecule has 0 aliphatic rings. The zero-order valence-electron chi connectivity index (χ0n) is 35.1. The molecule has 342 valence electrons. The maximum absolute atomic E-state index is 13.4. The summed E-state index contributed by atoms with van der Waals surface area (Å²) in [5.74, 6) is 0. The molecule has 0 atom stereocenters. The number of benzene rings is 6. The molecular weight excluding hydrogens is 1020 g/mol. The van der Waals surface area contributed by atoms with Crippen molar-refractivity contribution in [3.05, 3.63) is 179 Å². The first-order valence-corrected chi connectivity index (χ1v) is 27.9. The van der Waals surface area contributed by atoms with E-state index in [1.165, 1.54) is 0 Å². The minimum absolute atomic E-state index is 0.118. The summed E-state index contributed by atoms with van der Waals surface area (Å²) < 4.78 is 161. The van der Waals surface area contributed by atoms with Gasteiger partial charge in [-0.05, 0) is 69.8 Å². The first-order chi connectivity index (χ1) is 30.9. The molecule has 0 bridgehead atoms. The number of hydrogen-bond donors (Lipinski definition) is 0. The molecule has 0 heterocycles. The van der Waals surface area contributed by atoms with Gasteiger partial charge in [0, 0.05) is 9.52 Å². The number of halogens is 14. The van der Waals surface area contributed by atoms with Crippen molar-refractivity contribution in [2.75, 3.05) is 0 Å². The van der Waals surface area contributed by atoms with E-state index in [1.54, 1.807) is 84.9 Å². The molecule has 8 aromatic carbocycles. The Morgan fingerprint density at radius 1 is 0.409 bits per heavy atom. The second-order valence-corrected chi connectivity index (χ2v) is 19.7. The molecule has 0 saturated carbocycles. The van der Waals surface area contributed by atoms with E-state index in [-0.39, 0.29) is 23.3 Å². The molecule has 0 nitrogen and oxygen atoms in total. The van der Waals surface area contributed by atoms with Gasteiger partial charge in [-0.25, -0.2) is 0 Å². The fraction of sp³-hybridized carbons (Fsp3) is 0.160. The molecule has 0 saturated heterocycles. The predicted molar refractivity (Wildman–Crippen MR) is 239 cm³/mol. The van der Waals surface area contributed by atoms with Crippen LogP contribution in [0.4, 0.5) is 52.7 Å². The molecule has 0 aromatic heterocycles. The average molecular weight is 1060 g/mol. The third-order valence-corrected chi connectivity index (χ3v) is 9.99. The van der Waals surface area contributed by atoms with Gasteiger partial charge in [-0.3, -0.25) is 0 Å². The minimum atomic E-state index is -4.90. The van der Waals surface area contributed by atoms with Crippen LogP contribution in [0.2, 0.25) is 13.1 Å². The Labute approximate surface area is 394 Å². The summed E-state index contributed by atoms with van der Waals surface area (Å²) in [6.45, 7) is 7.97. The summed E-state index contributed by atoms with van der Waals surface area (Å²) in [6, 6.07) is 35.6. The first-order valence-electron chi connectivity index (χ1n) is 19.6. The van der Waals surface area contributed by atoms with E-state index in [4.69, 9.17) is 17.0 Å². The van der Waals surface area contributed by atoms with Crippen LogP contribution in [0.25, 0.3) is 66.1 Å². The van der Waals surface area contributed by atoms with Gasteiger partial charge in [-0.1, -0.05) is 111 Å². The molecule has 8 aromatic rings. The number of alkyl halides is 12. The third kappa shape index (κ3) is 12.9. The molecule has 2 radical (unpaired) electrons. The Bertz CT molecular complexity index is 2610. The van der Waals surface area contributed by atoms with Crippen LogP contribution in [0, 0.1) is 13.8 Å². The van der Waals surface area contributed by atoms with E-state index in [9.17, 15) is 52.7 Å². The molecule has 0 unspecified atom stereocenters. The Kier molecular flexibility index (Phi) is 17.1. The monoisotopic (exact) mass is 1050 g/mol. The summed E-state index contributed by atoms with van der Waals surface area (Å²) in [5, 5.41) is 2.74. The van der Waals surface area contributed by atoms with Crippen molar-refractivity contribution >= 4 is 48.1 Å². The van der Waals surface area contributed by atoms with Gasteiger partial charge in [0.25, 0.3) is 0 Å². The number of aryl methyl sites for hydroxylation is 2. The molecule has 0 N–H and O–H groups in total. The topological polar surface area (TPSA) is 0 Å². The Morgan fingerprint density at radius 3 is 0.939 bits per heavy atom. The van der Waals surface area contributed by atoms with Crippen LogP contribution in [0.15, 0.2) is 146 Å². The van der Waals surface area contributed by atoms with Crippen molar-refractivity contribution in [3.63, 3.8) is 0 Å². The first kappa shape index (κ1) is 52.4. The average Bonchev–Trinajstić information content (AvgIpc) is 3.83. The zero-order valence-corrected chi connectivity index (χ0v) is 40.1. The van der Waals surface area contributed by atoms with Gasteiger partial charge in [0.05, 0.1) is 22.3 Å². The van der Waals surface area contributed by atoms with Crippen LogP contribution < -0.4 is 0 Å². The number of rotatable bonds is 4. The molecule has 16 heteroatoms. The Hall–Kier alpha value is -4.62. The third-order valence-electron chi connectivity index (χ3n) is 9.99. The standard InChI is InChI=1S/2C24H15F6.C2H6Si.2ClH.Zr/c2*1-14-9-16-7-8-20(15-5-3-2-4-6-15)22(21(16)10-14)17-11-18(23(25,26)27)13-19(12-17)24(28,29)30;1-3-2;;;/h2*2-13H,1H3;1-2H3;2*1H;/q2*-1;;;;+4/p-2. The fourth-order valence-electron chi connectivity index (χ4n) is 7.40. The molecule has 0 fully saturated rings.